The lowest BCUT2D eigenvalue weighted by molar-refractivity contribution is 0.242. The number of hydrogen-bond acceptors (Lipinski definition) is 5. The lowest BCUT2D eigenvalue weighted by atomic mass is 10.0. The molecule has 0 saturated heterocycles. The van der Waals surface area contributed by atoms with E-state index in [9.17, 15) is 0 Å². The van der Waals surface area contributed by atoms with E-state index >= 15 is 0 Å². The van der Waals surface area contributed by atoms with E-state index in [2.05, 4.69) is 57.5 Å². The second-order valence-electron chi connectivity index (χ2n) is 8.66. The van der Waals surface area contributed by atoms with Gasteiger partial charge in [0, 0.05) is 30.2 Å². The summed E-state index contributed by atoms with van der Waals surface area (Å²) in [4.78, 5) is 13.5. The second-order valence-corrected chi connectivity index (χ2v) is 9.69. The van der Waals surface area contributed by atoms with Crippen LogP contribution < -0.4 is 10.1 Å². The van der Waals surface area contributed by atoms with Crippen LogP contribution in [-0.2, 0) is 13.0 Å². The van der Waals surface area contributed by atoms with Gasteiger partial charge in [-0.1, -0.05) is 24.1 Å². The number of nitrogens with one attached hydrogen (secondary N) is 2. The van der Waals surface area contributed by atoms with Gasteiger partial charge >= 0.3 is 0 Å². The van der Waals surface area contributed by atoms with E-state index in [4.69, 9.17) is 9.72 Å². The number of aromatic nitrogens is 3. The number of rotatable bonds is 7. The Kier molecular flexibility index (Phi) is 6.48. The summed E-state index contributed by atoms with van der Waals surface area (Å²) in [5.74, 6) is 7.96. The fourth-order valence-corrected chi connectivity index (χ4v) is 5.46. The van der Waals surface area contributed by atoms with Crippen molar-refractivity contribution < 1.29 is 4.74 Å². The van der Waals surface area contributed by atoms with E-state index < -0.39 is 0 Å². The lowest BCUT2D eigenvalue weighted by Crippen LogP contribution is -2.19. The van der Waals surface area contributed by atoms with Crippen LogP contribution in [0.25, 0.3) is 21.0 Å². The standard InChI is InChI=1S/C28H28N4OS/c1-4-6-19-15-20(9-12-25(19)33-18(2)3)28-32-16-26(34-28)23-8-5-7-22-21(23)10-11-24(22)31-17-27-29-13-14-30-27/h5,7-9,12-16,18,24,31H,10-11,17H2,1-3H3,(H,29,30). The summed E-state index contributed by atoms with van der Waals surface area (Å²) in [6.45, 7) is 6.64. The third kappa shape index (κ3) is 4.63. The normalized spacial score (nSPS) is 14.6. The minimum atomic E-state index is 0.104. The number of fused-ring (bicyclic) bond motifs is 1. The van der Waals surface area contributed by atoms with Gasteiger partial charge < -0.3 is 15.0 Å². The molecule has 2 aromatic heterocycles. The summed E-state index contributed by atoms with van der Waals surface area (Å²) in [7, 11) is 0. The molecule has 6 heteroatoms. The van der Waals surface area contributed by atoms with Crippen molar-refractivity contribution in [2.24, 2.45) is 0 Å². The van der Waals surface area contributed by atoms with Gasteiger partial charge in [-0.2, -0.15) is 0 Å². The molecule has 1 aliphatic rings. The molecule has 0 radical (unpaired) electrons. The summed E-state index contributed by atoms with van der Waals surface area (Å²) in [6.07, 6.45) is 7.92. The third-order valence-corrected chi connectivity index (χ3v) is 7.04. The first-order valence-electron chi connectivity index (χ1n) is 11.7. The van der Waals surface area contributed by atoms with Crippen molar-refractivity contribution in [1.29, 1.82) is 0 Å². The topological polar surface area (TPSA) is 62.8 Å². The summed E-state index contributed by atoms with van der Waals surface area (Å²) >= 11 is 1.73. The predicted molar refractivity (Wildman–Crippen MR) is 138 cm³/mol. The SMILES string of the molecule is CC#Cc1cc(-c2ncc(-c3cccc4c3CCC4NCc3ncc[nH]3)s2)ccc1OC(C)C. The van der Waals surface area contributed by atoms with Crippen molar-refractivity contribution in [2.75, 3.05) is 0 Å². The van der Waals surface area contributed by atoms with Crippen LogP contribution in [0.5, 0.6) is 5.75 Å². The number of aromatic amines is 1. The van der Waals surface area contributed by atoms with Crippen molar-refractivity contribution in [3.05, 3.63) is 77.5 Å². The fourth-order valence-electron chi connectivity index (χ4n) is 4.50. The summed E-state index contributed by atoms with van der Waals surface area (Å²) in [5, 5.41) is 4.65. The molecule has 0 bridgehead atoms. The Morgan fingerprint density at radius 2 is 2.15 bits per heavy atom. The molecule has 2 N–H and O–H groups in total. The van der Waals surface area contributed by atoms with Crippen LogP contribution in [0.2, 0.25) is 0 Å². The van der Waals surface area contributed by atoms with Gasteiger partial charge in [0.05, 0.1) is 23.1 Å². The van der Waals surface area contributed by atoms with Crippen LogP contribution in [0, 0.1) is 11.8 Å². The zero-order valence-electron chi connectivity index (χ0n) is 19.7. The van der Waals surface area contributed by atoms with Gasteiger partial charge in [-0.3, -0.25) is 0 Å². The van der Waals surface area contributed by atoms with Crippen molar-refractivity contribution >= 4 is 11.3 Å². The van der Waals surface area contributed by atoms with Crippen LogP contribution in [0.1, 0.15) is 55.7 Å². The van der Waals surface area contributed by atoms with Crippen molar-refractivity contribution in [3.63, 3.8) is 0 Å². The Bertz CT molecular complexity index is 1340. The van der Waals surface area contributed by atoms with E-state index in [1.165, 1.54) is 21.6 Å². The number of benzene rings is 2. The molecule has 2 heterocycles. The van der Waals surface area contributed by atoms with Gasteiger partial charge in [0.25, 0.3) is 0 Å². The molecule has 5 rings (SSSR count). The van der Waals surface area contributed by atoms with Crippen LogP contribution in [0.3, 0.4) is 0 Å². The lowest BCUT2D eigenvalue weighted by Gasteiger charge is -2.14. The molecular weight excluding hydrogens is 440 g/mol. The number of nitrogens with zero attached hydrogens (tertiary/aromatic N) is 2. The Hall–Kier alpha value is -3.40. The zero-order chi connectivity index (χ0) is 23.5. The third-order valence-electron chi connectivity index (χ3n) is 5.96. The van der Waals surface area contributed by atoms with E-state index in [1.54, 1.807) is 17.5 Å². The van der Waals surface area contributed by atoms with E-state index in [0.29, 0.717) is 6.04 Å². The van der Waals surface area contributed by atoms with Gasteiger partial charge in [0.1, 0.15) is 16.6 Å². The maximum Gasteiger partial charge on any atom is 0.135 e. The summed E-state index contributed by atoms with van der Waals surface area (Å²) < 4.78 is 5.94. The minimum absolute atomic E-state index is 0.104. The summed E-state index contributed by atoms with van der Waals surface area (Å²) in [5.41, 5.74) is 6.06. The number of ether oxygens (including phenoxy) is 1. The van der Waals surface area contributed by atoms with Gasteiger partial charge in [0.2, 0.25) is 0 Å². The Balaban J connectivity index is 1.40. The van der Waals surface area contributed by atoms with E-state index in [0.717, 1.165) is 47.1 Å². The van der Waals surface area contributed by atoms with Crippen LogP contribution in [0.15, 0.2) is 55.0 Å². The van der Waals surface area contributed by atoms with Gasteiger partial charge in [-0.05, 0) is 68.5 Å². The predicted octanol–water partition coefficient (Wildman–Crippen LogP) is 6.14. The molecule has 5 nitrogen and oxygen atoms in total. The molecule has 2 aromatic carbocycles. The van der Waals surface area contributed by atoms with Crippen LogP contribution in [-0.4, -0.2) is 21.1 Å². The average Bonchev–Trinajstić information content (AvgIpc) is 3.59. The van der Waals surface area contributed by atoms with Crippen molar-refractivity contribution in [3.8, 4) is 38.6 Å². The number of hydrogen-bond donors (Lipinski definition) is 2. The molecule has 172 valence electrons. The maximum absolute atomic E-state index is 5.94. The molecule has 1 atom stereocenters. The maximum atomic E-state index is 5.94. The summed E-state index contributed by atoms with van der Waals surface area (Å²) in [6, 6.07) is 13.1. The number of imidazole rings is 1. The Morgan fingerprint density at radius 1 is 1.24 bits per heavy atom. The van der Waals surface area contributed by atoms with Gasteiger partial charge in [-0.15, -0.1) is 17.3 Å². The molecule has 0 spiro atoms. The minimum Gasteiger partial charge on any atom is -0.490 e. The first-order valence-corrected chi connectivity index (χ1v) is 12.5. The molecule has 0 aliphatic heterocycles. The molecule has 1 aliphatic carbocycles. The van der Waals surface area contributed by atoms with E-state index in [-0.39, 0.29) is 6.10 Å². The van der Waals surface area contributed by atoms with Crippen LogP contribution >= 0.6 is 11.3 Å². The Morgan fingerprint density at radius 3 is 2.94 bits per heavy atom. The van der Waals surface area contributed by atoms with E-state index in [1.807, 2.05) is 39.2 Å². The quantitative estimate of drug-likeness (QED) is 0.320. The highest BCUT2D eigenvalue weighted by atomic mass is 32.1. The number of H-pyrrole nitrogens is 1. The highest BCUT2D eigenvalue weighted by Gasteiger charge is 2.25. The molecule has 4 aromatic rings. The van der Waals surface area contributed by atoms with Crippen LogP contribution in [0.4, 0.5) is 0 Å². The smallest absolute Gasteiger partial charge is 0.135 e. The molecule has 0 saturated carbocycles. The first-order chi connectivity index (χ1) is 16.6. The van der Waals surface area contributed by atoms with Crippen molar-refractivity contribution in [2.45, 2.75) is 52.3 Å². The first kappa shape index (κ1) is 22.4. The highest BCUT2D eigenvalue weighted by molar-refractivity contribution is 7.18. The zero-order valence-corrected chi connectivity index (χ0v) is 20.5. The molecular formula is C28H28N4OS. The second kappa shape index (κ2) is 9.84. The van der Waals surface area contributed by atoms with Gasteiger partial charge in [-0.25, -0.2) is 9.97 Å². The highest BCUT2D eigenvalue weighted by Crippen LogP contribution is 2.41. The largest absolute Gasteiger partial charge is 0.490 e. The molecule has 34 heavy (non-hydrogen) atoms. The molecule has 0 fully saturated rings. The number of thiazole rings is 1. The Labute approximate surface area is 204 Å². The molecule has 0 amide bonds. The van der Waals surface area contributed by atoms with Crippen molar-refractivity contribution in [1.82, 2.24) is 20.3 Å². The average molecular weight is 469 g/mol. The monoisotopic (exact) mass is 468 g/mol. The molecule has 1 unspecified atom stereocenters. The van der Waals surface area contributed by atoms with Gasteiger partial charge in [0.15, 0.2) is 0 Å². The fraction of sp³-hybridized carbons (Fsp3) is 0.286.